The van der Waals surface area contributed by atoms with E-state index in [0.29, 0.717) is 10.0 Å². The zero-order chi connectivity index (χ0) is 15.5. The Balaban J connectivity index is 2.92. The second-order valence-electron chi connectivity index (χ2n) is 4.73. The van der Waals surface area contributed by atoms with Crippen LogP contribution in [0.5, 0.6) is 0 Å². The quantitative estimate of drug-likeness (QED) is 0.871. The van der Waals surface area contributed by atoms with Gasteiger partial charge in [0.2, 0.25) is 0 Å². The van der Waals surface area contributed by atoms with Crippen molar-refractivity contribution in [3.05, 3.63) is 33.8 Å². The van der Waals surface area contributed by atoms with Crippen molar-refractivity contribution in [2.45, 2.75) is 32.6 Å². The van der Waals surface area contributed by atoms with Gasteiger partial charge in [-0.25, -0.2) is 4.79 Å². The zero-order valence-electron chi connectivity index (χ0n) is 11.0. The van der Waals surface area contributed by atoms with Gasteiger partial charge in [0.05, 0.1) is 12.1 Å². The van der Waals surface area contributed by atoms with E-state index in [-0.39, 0.29) is 18.2 Å². The van der Waals surface area contributed by atoms with Crippen molar-refractivity contribution in [1.82, 2.24) is 4.90 Å². The molecule has 0 aliphatic carbocycles. The van der Waals surface area contributed by atoms with E-state index in [1.807, 2.05) is 0 Å². The van der Waals surface area contributed by atoms with Crippen LogP contribution in [0.1, 0.15) is 29.8 Å². The number of alkyl halides is 3. The zero-order valence-corrected chi connectivity index (χ0v) is 12.6. The number of carboxylic acids is 1. The summed E-state index contributed by atoms with van der Waals surface area (Å²) in [7, 11) is 0. The first-order valence-corrected chi connectivity index (χ1v) is 6.72. The minimum Gasteiger partial charge on any atom is -0.478 e. The third-order valence-electron chi connectivity index (χ3n) is 2.79. The number of benzene rings is 1. The van der Waals surface area contributed by atoms with Gasteiger partial charge in [-0.1, -0.05) is 22.0 Å². The van der Waals surface area contributed by atoms with Crippen LogP contribution in [0, 0.1) is 0 Å². The molecule has 3 nitrogen and oxygen atoms in total. The number of rotatable bonds is 5. The van der Waals surface area contributed by atoms with Crippen molar-refractivity contribution in [2.75, 3.05) is 6.54 Å². The first-order chi connectivity index (χ1) is 9.10. The molecule has 0 atom stereocenters. The average molecular weight is 354 g/mol. The molecule has 0 amide bonds. The summed E-state index contributed by atoms with van der Waals surface area (Å²) in [5, 5.41) is 8.84. The lowest BCUT2D eigenvalue weighted by Crippen LogP contribution is -2.38. The Bertz CT molecular complexity index is 489. The normalized spacial score (nSPS) is 12.2. The van der Waals surface area contributed by atoms with Crippen LogP contribution in [0.4, 0.5) is 13.2 Å². The Kier molecular flexibility index (Phi) is 5.59. The second-order valence-corrected chi connectivity index (χ2v) is 5.58. The third kappa shape index (κ3) is 5.13. The summed E-state index contributed by atoms with van der Waals surface area (Å²) in [5.74, 6) is -1.08. The molecule has 1 aromatic carbocycles. The van der Waals surface area contributed by atoms with E-state index >= 15 is 0 Å². The van der Waals surface area contributed by atoms with Crippen LogP contribution in [-0.2, 0) is 6.54 Å². The molecule has 0 saturated heterocycles. The van der Waals surface area contributed by atoms with Crippen molar-refractivity contribution in [3.63, 3.8) is 0 Å². The molecule has 20 heavy (non-hydrogen) atoms. The number of carboxylic acid groups (broad SMARTS) is 1. The Morgan fingerprint density at radius 2 is 2.00 bits per heavy atom. The molecule has 7 heteroatoms. The number of aromatic carboxylic acids is 1. The average Bonchev–Trinajstić information content (AvgIpc) is 2.28. The predicted octanol–water partition coefficient (Wildman–Crippen LogP) is 3.92. The van der Waals surface area contributed by atoms with Crippen LogP contribution < -0.4 is 0 Å². The van der Waals surface area contributed by atoms with Crippen LogP contribution in [-0.4, -0.2) is 34.7 Å². The van der Waals surface area contributed by atoms with E-state index in [0.717, 1.165) is 0 Å². The molecule has 1 aromatic rings. The van der Waals surface area contributed by atoms with Gasteiger partial charge < -0.3 is 5.11 Å². The Morgan fingerprint density at radius 3 is 2.40 bits per heavy atom. The van der Waals surface area contributed by atoms with Crippen LogP contribution in [0.2, 0.25) is 0 Å². The molecule has 0 spiro atoms. The predicted molar refractivity (Wildman–Crippen MR) is 72.7 cm³/mol. The molecular weight excluding hydrogens is 339 g/mol. The molecule has 1 N–H and O–H groups in total. The fraction of sp³-hybridized carbons (Fsp3) is 0.462. The van der Waals surface area contributed by atoms with Gasteiger partial charge in [-0.15, -0.1) is 0 Å². The van der Waals surface area contributed by atoms with Crippen LogP contribution in [0.15, 0.2) is 22.7 Å². The summed E-state index contributed by atoms with van der Waals surface area (Å²) in [6, 6.07) is 4.03. The number of halogens is 4. The minimum absolute atomic E-state index is 0.0903. The first-order valence-electron chi connectivity index (χ1n) is 5.92. The molecule has 0 radical (unpaired) electrons. The molecule has 0 aromatic heterocycles. The van der Waals surface area contributed by atoms with E-state index in [2.05, 4.69) is 15.9 Å². The van der Waals surface area contributed by atoms with Crippen molar-refractivity contribution >= 4 is 21.9 Å². The maximum Gasteiger partial charge on any atom is 0.401 e. The molecule has 0 aliphatic heterocycles. The van der Waals surface area contributed by atoms with E-state index in [1.54, 1.807) is 13.8 Å². The van der Waals surface area contributed by atoms with Crippen molar-refractivity contribution in [3.8, 4) is 0 Å². The highest BCUT2D eigenvalue weighted by atomic mass is 79.9. The second kappa shape index (κ2) is 6.58. The highest BCUT2D eigenvalue weighted by Gasteiger charge is 2.31. The topological polar surface area (TPSA) is 40.5 Å². The van der Waals surface area contributed by atoms with E-state index in [4.69, 9.17) is 5.11 Å². The third-order valence-corrected chi connectivity index (χ3v) is 3.52. The maximum atomic E-state index is 12.5. The van der Waals surface area contributed by atoms with Crippen molar-refractivity contribution < 1.29 is 23.1 Å². The highest BCUT2D eigenvalue weighted by molar-refractivity contribution is 9.10. The van der Waals surface area contributed by atoms with E-state index < -0.39 is 18.7 Å². The highest BCUT2D eigenvalue weighted by Crippen LogP contribution is 2.24. The lowest BCUT2D eigenvalue weighted by Gasteiger charge is -2.27. The summed E-state index contributed by atoms with van der Waals surface area (Å²) < 4.78 is 38.0. The summed E-state index contributed by atoms with van der Waals surface area (Å²) in [6.07, 6.45) is -4.27. The van der Waals surface area contributed by atoms with Gasteiger partial charge in [-0.05, 0) is 31.5 Å². The van der Waals surface area contributed by atoms with E-state index in [1.165, 1.54) is 23.1 Å². The smallest absolute Gasteiger partial charge is 0.401 e. The lowest BCUT2D eigenvalue weighted by atomic mass is 10.1. The minimum atomic E-state index is -4.27. The molecule has 0 bridgehead atoms. The summed E-state index contributed by atoms with van der Waals surface area (Å²) in [5.41, 5.74) is 0.709. The molecule has 0 aliphatic rings. The molecule has 0 heterocycles. The standard InChI is InChI=1S/C13H15BrF3NO2/c1-8(2)18(7-13(15,16)17)6-10-4-3-9(12(19)20)5-11(10)14/h3-5,8H,6-7H2,1-2H3,(H,19,20). The summed E-state index contributed by atoms with van der Waals surface area (Å²) in [6.45, 7) is 2.46. The summed E-state index contributed by atoms with van der Waals surface area (Å²) in [4.78, 5) is 12.1. The molecular formula is C13H15BrF3NO2. The van der Waals surface area contributed by atoms with Crippen molar-refractivity contribution in [2.24, 2.45) is 0 Å². The Labute approximate surface area is 123 Å². The molecule has 1 rings (SSSR count). The largest absolute Gasteiger partial charge is 0.478 e. The Morgan fingerprint density at radius 1 is 1.40 bits per heavy atom. The SMILES string of the molecule is CC(C)N(Cc1ccc(C(=O)O)cc1Br)CC(F)(F)F. The summed E-state index contributed by atoms with van der Waals surface area (Å²) >= 11 is 3.20. The molecule has 0 saturated carbocycles. The van der Waals surface area contributed by atoms with Gasteiger partial charge in [0, 0.05) is 17.1 Å². The van der Waals surface area contributed by atoms with Gasteiger partial charge in [-0.3, -0.25) is 4.90 Å². The van der Waals surface area contributed by atoms with Crippen LogP contribution in [0.3, 0.4) is 0 Å². The number of nitrogens with zero attached hydrogens (tertiary/aromatic N) is 1. The van der Waals surface area contributed by atoms with Gasteiger partial charge in [0.15, 0.2) is 0 Å². The van der Waals surface area contributed by atoms with Gasteiger partial charge in [-0.2, -0.15) is 13.2 Å². The molecule has 0 unspecified atom stereocenters. The van der Waals surface area contributed by atoms with Crippen molar-refractivity contribution in [1.29, 1.82) is 0 Å². The van der Waals surface area contributed by atoms with Crippen LogP contribution in [0.25, 0.3) is 0 Å². The Hall–Kier alpha value is -1.08. The van der Waals surface area contributed by atoms with Gasteiger partial charge in [0.1, 0.15) is 0 Å². The van der Waals surface area contributed by atoms with Crippen LogP contribution >= 0.6 is 15.9 Å². The maximum absolute atomic E-state index is 12.5. The number of hydrogen-bond acceptors (Lipinski definition) is 2. The van der Waals surface area contributed by atoms with E-state index in [9.17, 15) is 18.0 Å². The fourth-order valence-corrected chi connectivity index (χ4v) is 2.18. The first kappa shape index (κ1) is 17.0. The van der Waals surface area contributed by atoms with Gasteiger partial charge >= 0.3 is 12.1 Å². The molecule has 112 valence electrons. The monoisotopic (exact) mass is 353 g/mol. The number of carbonyl (C=O) groups is 1. The number of hydrogen-bond donors (Lipinski definition) is 1. The fourth-order valence-electron chi connectivity index (χ4n) is 1.68. The van der Waals surface area contributed by atoms with Gasteiger partial charge in [0.25, 0.3) is 0 Å². The molecule has 0 fully saturated rings. The lowest BCUT2D eigenvalue weighted by molar-refractivity contribution is -0.150.